The third-order valence-corrected chi connectivity index (χ3v) is 6.05. The molecule has 0 unspecified atom stereocenters. The molecule has 0 radical (unpaired) electrons. The van der Waals surface area contributed by atoms with Crippen LogP contribution in [0.25, 0.3) is 22.6 Å². The highest BCUT2D eigenvalue weighted by Gasteiger charge is 2.36. The number of hydrogen-bond acceptors (Lipinski definition) is 3. The van der Waals surface area contributed by atoms with Crippen LogP contribution in [0.4, 0.5) is 0 Å². The molecule has 0 amide bonds. The predicted molar refractivity (Wildman–Crippen MR) is 128 cm³/mol. The van der Waals surface area contributed by atoms with Crippen LogP contribution in [0.5, 0.6) is 5.75 Å². The lowest BCUT2D eigenvalue weighted by Gasteiger charge is -2.31. The van der Waals surface area contributed by atoms with Gasteiger partial charge in [-0.2, -0.15) is 0 Å². The molecule has 5 rings (SSSR count). The summed E-state index contributed by atoms with van der Waals surface area (Å²) in [5.41, 5.74) is 4.25. The summed E-state index contributed by atoms with van der Waals surface area (Å²) < 4.78 is 6.32. The lowest BCUT2D eigenvalue weighted by Crippen LogP contribution is -2.29. The van der Waals surface area contributed by atoms with Crippen LogP contribution in [0.1, 0.15) is 30.7 Å². The average Bonchev–Trinajstić information content (AvgIpc) is 3.21. The Balaban J connectivity index is 1.57. The number of hydrogen-bond donors (Lipinski definition) is 1. The highest BCUT2D eigenvalue weighted by Crippen LogP contribution is 2.45. The molecule has 0 saturated heterocycles. The summed E-state index contributed by atoms with van der Waals surface area (Å²) in [6.45, 7) is 3.97. The van der Waals surface area contributed by atoms with Crippen LogP contribution in [0.3, 0.4) is 0 Å². The topological polar surface area (TPSA) is 50.8 Å². The highest BCUT2D eigenvalue weighted by molar-refractivity contribution is 6.34. The second-order valence-electron chi connectivity index (χ2n) is 7.86. The zero-order valence-corrected chi connectivity index (χ0v) is 19.4. The van der Waals surface area contributed by atoms with E-state index < -0.39 is 5.60 Å². The molecule has 0 bridgehead atoms. The van der Waals surface area contributed by atoms with E-state index in [2.05, 4.69) is 21.8 Å². The predicted octanol–water partition coefficient (Wildman–Crippen LogP) is 7.13. The SMILES string of the molecule is CC1(C)Oc2cc(C#Cc3cc(Cl)ccc3Cl)ccc2-c2[nH]c(-c3ccncc3Cl)nc21. The Hall–Kier alpha value is -2.97. The number of fused-ring (bicyclic) bond motifs is 3. The number of ether oxygens (including phenoxy) is 1. The molecular formula is C25H16Cl3N3O. The Bertz CT molecular complexity index is 1430. The van der Waals surface area contributed by atoms with Gasteiger partial charge in [0.1, 0.15) is 22.9 Å². The zero-order valence-electron chi connectivity index (χ0n) is 17.1. The first-order valence-electron chi connectivity index (χ1n) is 9.83. The summed E-state index contributed by atoms with van der Waals surface area (Å²) in [6.07, 6.45) is 3.29. The summed E-state index contributed by atoms with van der Waals surface area (Å²) in [4.78, 5) is 12.3. The van der Waals surface area contributed by atoms with E-state index in [0.29, 0.717) is 26.5 Å². The second kappa shape index (κ2) is 7.86. The van der Waals surface area contributed by atoms with E-state index in [1.165, 1.54) is 0 Å². The van der Waals surface area contributed by atoms with Crippen LogP contribution in [0, 0.1) is 11.8 Å². The van der Waals surface area contributed by atoms with Crippen molar-refractivity contribution in [1.82, 2.24) is 15.0 Å². The maximum absolute atomic E-state index is 6.33. The highest BCUT2D eigenvalue weighted by atomic mass is 35.5. The van der Waals surface area contributed by atoms with Crippen molar-refractivity contribution in [2.75, 3.05) is 0 Å². The molecule has 158 valence electrons. The average molecular weight is 481 g/mol. The van der Waals surface area contributed by atoms with E-state index in [9.17, 15) is 0 Å². The van der Waals surface area contributed by atoms with Crippen molar-refractivity contribution in [1.29, 1.82) is 0 Å². The third-order valence-electron chi connectivity index (χ3n) is 5.19. The molecule has 1 aliphatic heterocycles. The fourth-order valence-corrected chi connectivity index (χ4v) is 4.19. The molecule has 0 atom stereocenters. The molecule has 0 fully saturated rings. The van der Waals surface area contributed by atoms with Gasteiger partial charge in [-0.3, -0.25) is 4.98 Å². The summed E-state index contributed by atoms with van der Waals surface area (Å²) in [5, 5.41) is 1.68. The summed E-state index contributed by atoms with van der Waals surface area (Å²) in [7, 11) is 0. The molecule has 4 aromatic rings. The maximum atomic E-state index is 6.33. The largest absolute Gasteiger partial charge is 0.481 e. The van der Waals surface area contributed by atoms with E-state index >= 15 is 0 Å². The van der Waals surface area contributed by atoms with Crippen LogP contribution in [-0.4, -0.2) is 15.0 Å². The standard InChI is InChI=1S/C25H16Cl3N3O/c1-25(2)23-22(30-24(31-23)17-9-10-29-13-20(17)28)18-7-4-14(11-21(18)32-25)3-5-15-12-16(26)6-8-19(15)27/h4,6-13H,1-2H3,(H,30,31). The van der Waals surface area contributed by atoms with Gasteiger partial charge in [0.05, 0.1) is 15.7 Å². The van der Waals surface area contributed by atoms with E-state index in [4.69, 9.17) is 44.5 Å². The minimum absolute atomic E-state index is 0.530. The quantitative estimate of drug-likeness (QED) is 0.295. The first-order valence-corrected chi connectivity index (χ1v) is 11.0. The molecule has 2 aromatic heterocycles. The normalized spacial score (nSPS) is 13.4. The van der Waals surface area contributed by atoms with Crippen LogP contribution >= 0.6 is 34.8 Å². The lowest BCUT2D eigenvalue weighted by atomic mass is 9.94. The number of H-pyrrole nitrogens is 1. The van der Waals surface area contributed by atoms with Gasteiger partial charge in [-0.1, -0.05) is 46.6 Å². The first-order chi connectivity index (χ1) is 15.3. The molecule has 7 heteroatoms. The van der Waals surface area contributed by atoms with E-state index in [0.717, 1.165) is 33.8 Å². The summed E-state index contributed by atoms with van der Waals surface area (Å²) in [5.74, 6) is 7.63. The fourth-order valence-electron chi connectivity index (χ4n) is 3.65. The lowest BCUT2D eigenvalue weighted by molar-refractivity contribution is 0.101. The Morgan fingerprint density at radius 3 is 2.59 bits per heavy atom. The molecule has 0 aliphatic carbocycles. The van der Waals surface area contributed by atoms with Crippen molar-refractivity contribution in [2.24, 2.45) is 0 Å². The Morgan fingerprint density at radius 2 is 1.78 bits per heavy atom. The van der Waals surface area contributed by atoms with Gasteiger partial charge in [0.2, 0.25) is 0 Å². The van der Waals surface area contributed by atoms with Gasteiger partial charge in [-0.25, -0.2) is 4.98 Å². The molecule has 2 aromatic carbocycles. The molecule has 32 heavy (non-hydrogen) atoms. The van der Waals surface area contributed by atoms with Crippen LogP contribution in [-0.2, 0) is 5.60 Å². The van der Waals surface area contributed by atoms with Crippen LogP contribution in [0.2, 0.25) is 15.1 Å². The Morgan fingerprint density at radius 1 is 0.938 bits per heavy atom. The Kier molecular flexibility index (Phi) is 5.14. The van der Waals surface area contributed by atoms with Crippen LogP contribution < -0.4 is 4.74 Å². The van der Waals surface area contributed by atoms with Crippen molar-refractivity contribution in [2.45, 2.75) is 19.4 Å². The Labute approximate surface area is 200 Å². The number of pyridine rings is 1. The van der Waals surface area contributed by atoms with Crippen molar-refractivity contribution >= 4 is 34.8 Å². The van der Waals surface area contributed by atoms with E-state index in [1.807, 2.05) is 38.1 Å². The molecule has 1 N–H and O–H groups in total. The number of aromatic amines is 1. The van der Waals surface area contributed by atoms with E-state index in [-0.39, 0.29) is 0 Å². The molecule has 0 spiro atoms. The number of halogens is 3. The number of benzene rings is 2. The molecule has 4 nitrogen and oxygen atoms in total. The number of rotatable bonds is 1. The molecule has 0 saturated carbocycles. The van der Waals surface area contributed by atoms with E-state index in [1.54, 1.807) is 30.6 Å². The number of imidazole rings is 1. The van der Waals surface area contributed by atoms with Gasteiger partial charge in [0.15, 0.2) is 0 Å². The number of nitrogens with zero attached hydrogens (tertiary/aromatic N) is 2. The molecular weight excluding hydrogens is 465 g/mol. The monoisotopic (exact) mass is 479 g/mol. The minimum atomic E-state index is -0.640. The van der Waals surface area contributed by atoms with Crippen LogP contribution in [0.15, 0.2) is 54.9 Å². The van der Waals surface area contributed by atoms with Crippen molar-refractivity contribution < 1.29 is 4.74 Å². The minimum Gasteiger partial charge on any atom is -0.481 e. The van der Waals surface area contributed by atoms with Crippen molar-refractivity contribution in [3.05, 3.63) is 86.7 Å². The second-order valence-corrected chi connectivity index (χ2v) is 9.11. The smallest absolute Gasteiger partial charge is 0.147 e. The van der Waals surface area contributed by atoms with Gasteiger partial charge < -0.3 is 9.72 Å². The maximum Gasteiger partial charge on any atom is 0.147 e. The number of aromatic nitrogens is 3. The van der Waals surface area contributed by atoms with Gasteiger partial charge in [-0.05, 0) is 56.3 Å². The van der Waals surface area contributed by atoms with Crippen molar-refractivity contribution in [3.63, 3.8) is 0 Å². The summed E-state index contributed by atoms with van der Waals surface area (Å²) >= 11 is 18.6. The third kappa shape index (κ3) is 3.73. The van der Waals surface area contributed by atoms with Gasteiger partial charge in [0.25, 0.3) is 0 Å². The van der Waals surface area contributed by atoms with Gasteiger partial charge >= 0.3 is 0 Å². The molecule has 3 heterocycles. The van der Waals surface area contributed by atoms with Crippen molar-refractivity contribution in [3.8, 4) is 40.2 Å². The number of nitrogens with one attached hydrogen (secondary N) is 1. The molecule has 1 aliphatic rings. The zero-order chi connectivity index (χ0) is 22.5. The van der Waals surface area contributed by atoms with Gasteiger partial charge in [-0.15, -0.1) is 0 Å². The summed E-state index contributed by atoms with van der Waals surface area (Å²) in [6, 6.07) is 12.9. The first kappa shape index (κ1) is 20.9. The fraction of sp³-hybridized carbons (Fsp3) is 0.120. The van der Waals surface area contributed by atoms with Gasteiger partial charge in [0, 0.05) is 39.7 Å².